The number of aliphatic carboxylic acids is 1. The van der Waals surface area contributed by atoms with Gasteiger partial charge in [0.2, 0.25) is 15.9 Å². The Morgan fingerprint density at radius 2 is 1.84 bits per heavy atom. The van der Waals surface area contributed by atoms with Gasteiger partial charge in [-0.05, 0) is 12.1 Å². The molecule has 0 unspecified atom stereocenters. The van der Waals surface area contributed by atoms with Gasteiger partial charge in [0.1, 0.15) is 6.54 Å². The second-order valence-corrected chi connectivity index (χ2v) is 5.79. The largest absolute Gasteiger partial charge is 0.480 e. The fourth-order valence-electron chi connectivity index (χ4n) is 1.29. The van der Waals surface area contributed by atoms with Crippen LogP contribution in [0.15, 0.2) is 35.2 Å². The van der Waals surface area contributed by atoms with Crippen LogP contribution in [0, 0.1) is 0 Å². The van der Waals surface area contributed by atoms with Gasteiger partial charge < -0.3 is 10.4 Å². The summed E-state index contributed by atoms with van der Waals surface area (Å²) >= 11 is 0. The third kappa shape index (κ3) is 4.34. The highest BCUT2D eigenvalue weighted by atomic mass is 32.2. The Morgan fingerprint density at radius 3 is 2.37 bits per heavy atom. The Balaban J connectivity index is 2.70. The Labute approximate surface area is 110 Å². The van der Waals surface area contributed by atoms with E-state index in [1.807, 2.05) is 0 Å². The van der Waals surface area contributed by atoms with Gasteiger partial charge in [-0.3, -0.25) is 9.59 Å². The van der Waals surface area contributed by atoms with E-state index in [2.05, 4.69) is 5.32 Å². The van der Waals surface area contributed by atoms with Gasteiger partial charge in [0, 0.05) is 7.05 Å². The van der Waals surface area contributed by atoms with Crippen LogP contribution in [0.3, 0.4) is 0 Å². The van der Waals surface area contributed by atoms with E-state index in [9.17, 15) is 18.0 Å². The standard InChI is InChI=1S/C11H14N2O5S/c1-13(8-10(14)12-7-11(15)16)19(17,18)9-5-3-2-4-6-9/h2-6H,7-8H2,1H3,(H,12,14)(H,15,16). The summed E-state index contributed by atoms with van der Waals surface area (Å²) in [5.41, 5.74) is 0. The fraction of sp³-hybridized carbons (Fsp3) is 0.273. The number of carbonyl (C=O) groups is 2. The van der Waals surface area contributed by atoms with Crippen LogP contribution in [0.1, 0.15) is 0 Å². The smallest absolute Gasteiger partial charge is 0.322 e. The lowest BCUT2D eigenvalue weighted by Crippen LogP contribution is -2.40. The van der Waals surface area contributed by atoms with Crippen molar-refractivity contribution in [1.29, 1.82) is 0 Å². The molecule has 0 radical (unpaired) electrons. The van der Waals surface area contributed by atoms with Crippen LogP contribution < -0.4 is 5.32 Å². The van der Waals surface area contributed by atoms with E-state index in [1.54, 1.807) is 18.2 Å². The Morgan fingerprint density at radius 1 is 1.26 bits per heavy atom. The highest BCUT2D eigenvalue weighted by Crippen LogP contribution is 2.12. The molecule has 1 aromatic rings. The first-order valence-corrected chi connectivity index (χ1v) is 6.78. The molecule has 0 atom stereocenters. The number of rotatable bonds is 6. The van der Waals surface area contributed by atoms with Gasteiger partial charge >= 0.3 is 5.97 Å². The molecule has 104 valence electrons. The number of carboxylic acid groups (broad SMARTS) is 1. The average molecular weight is 286 g/mol. The van der Waals surface area contributed by atoms with Gasteiger partial charge in [0.15, 0.2) is 0 Å². The van der Waals surface area contributed by atoms with Crippen LogP contribution in [0.4, 0.5) is 0 Å². The highest BCUT2D eigenvalue weighted by molar-refractivity contribution is 7.89. The maximum absolute atomic E-state index is 12.0. The second kappa shape index (κ2) is 6.30. The van der Waals surface area contributed by atoms with Gasteiger partial charge in [-0.25, -0.2) is 8.42 Å². The molecule has 1 rings (SSSR count). The number of benzene rings is 1. The lowest BCUT2D eigenvalue weighted by atomic mass is 10.4. The zero-order valence-corrected chi connectivity index (χ0v) is 11.1. The zero-order chi connectivity index (χ0) is 14.5. The minimum Gasteiger partial charge on any atom is -0.480 e. The van der Waals surface area contributed by atoms with Gasteiger partial charge in [-0.2, -0.15) is 4.31 Å². The molecule has 1 amide bonds. The van der Waals surface area contributed by atoms with Crippen LogP contribution in [-0.4, -0.2) is 49.8 Å². The molecular formula is C11H14N2O5S. The first-order valence-electron chi connectivity index (χ1n) is 5.34. The molecule has 7 nitrogen and oxygen atoms in total. The van der Waals surface area contributed by atoms with E-state index < -0.39 is 35.0 Å². The monoisotopic (exact) mass is 286 g/mol. The maximum atomic E-state index is 12.0. The van der Waals surface area contributed by atoms with Crippen LogP contribution in [0.5, 0.6) is 0 Å². The maximum Gasteiger partial charge on any atom is 0.322 e. The molecule has 0 aromatic heterocycles. The van der Waals surface area contributed by atoms with Crippen LogP contribution in [0.25, 0.3) is 0 Å². The van der Waals surface area contributed by atoms with Crippen molar-refractivity contribution >= 4 is 21.9 Å². The van der Waals surface area contributed by atoms with Gasteiger partial charge in [-0.1, -0.05) is 18.2 Å². The van der Waals surface area contributed by atoms with Gasteiger partial charge in [0.25, 0.3) is 0 Å². The molecular weight excluding hydrogens is 272 g/mol. The number of nitrogens with one attached hydrogen (secondary N) is 1. The van der Waals surface area contributed by atoms with Gasteiger partial charge in [-0.15, -0.1) is 0 Å². The van der Waals surface area contributed by atoms with Crippen LogP contribution in [0.2, 0.25) is 0 Å². The van der Waals surface area contributed by atoms with E-state index in [-0.39, 0.29) is 4.90 Å². The number of sulfonamides is 1. The van der Waals surface area contributed by atoms with Gasteiger partial charge in [0.05, 0.1) is 11.4 Å². The second-order valence-electron chi connectivity index (χ2n) is 3.74. The zero-order valence-electron chi connectivity index (χ0n) is 10.2. The van der Waals surface area contributed by atoms with E-state index in [4.69, 9.17) is 5.11 Å². The quantitative estimate of drug-likeness (QED) is 0.734. The number of carbonyl (C=O) groups excluding carboxylic acids is 1. The highest BCUT2D eigenvalue weighted by Gasteiger charge is 2.22. The summed E-state index contributed by atoms with van der Waals surface area (Å²) in [5.74, 6) is -1.87. The first-order chi connectivity index (χ1) is 8.84. The molecule has 0 fully saturated rings. The molecule has 0 spiro atoms. The number of carboxylic acids is 1. The third-order valence-corrected chi connectivity index (χ3v) is 4.07. The minimum absolute atomic E-state index is 0.0727. The van der Waals surface area contributed by atoms with E-state index in [0.29, 0.717) is 0 Å². The summed E-state index contributed by atoms with van der Waals surface area (Å²) in [4.78, 5) is 21.7. The first kappa shape index (κ1) is 15.1. The number of hydrogen-bond acceptors (Lipinski definition) is 4. The Hall–Kier alpha value is -1.93. The molecule has 0 saturated heterocycles. The minimum atomic E-state index is -3.75. The van der Waals surface area contributed by atoms with Crippen molar-refractivity contribution in [3.8, 4) is 0 Å². The summed E-state index contributed by atoms with van der Waals surface area (Å²) in [6, 6.07) is 7.66. The molecule has 0 aliphatic rings. The predicted molar refractivity (Wildman–Crippen MR) is 66.9 cm³/mol. The molecule has 0 bridgehead atoms. The van der Waals surface area contributed by atoms with E-state index >= 15 is 0 Å². The fourth-order valence-corrected chi connectivity index (χ4v) is 2.44. The summed E-state index contributed by atoms with van der Waals surface area (Å²) in [7, 11) is -2.49. The van der Waals surface area contributed by atoms with Crippen molar-refractivity contribution in [2.24, 2.45) is 0 Å². The van der Waals surface area contributed by atoms with Crippen LogP contribution in [-0.2, 0) is 19.6 Å². The van der Waals surface area contributed by atoms with E-state index in [1.165, 1.54) is 19.2 Å². The lowest BCUT2D eigenvalue weighted by Gasteiger charge is -2.16. The molecule has 0 aliphatic carbocycles. The number of amides is 1. The number of likely N-dealkylation sites (N-methyl/N-ethyl adjacent to an activating group) is 1. The molecule has 19 heavy (non-hydrogen) atoms. The van der Waals surface area contributed by atoms with Crippen LogP contribution >= 0.6 is 0 Å². The van der Waals surface area contributed by atoms with Crippen molar-refractivity contribution in [3.05, 3.63) is 30.3 Å². The summed E-state index contributed by atoms with van der Waals surface area (Å²) < 4.78 is 24.9. The molecule has 0 heterocycles. The SMILES string of the molecule is CN(CC(=O)NCC(=O)O)S(=O)(=O)c1ccccc1. The lowest BCUT2D eigenvalue weighted by molar-refractivity contribution is -0.137. The van der Waals surface area contributed by atoms with Crippen molar-refractivity contribution < 1.29 is 23.1 Å². The normalized spacial score (nSPS) is 11.3. The summed E-state index contributed by atoms with van der Waals surface area (Å²) in [5, 5.41) is 10.5. The predicted octanol–water partition coefficient (Wildman–Crippen LogP) is -0.492. The Kier molecular flexibility index (Phi) is 5.02. The summed E-state index contributed by atoms with van der Waals surface area (Å²) in [6.07, 6.45) is 0. The summed E-state index contributed by atoms with van der Waals surface area (Å²) in [6.45, 7) is -0.984. The average Bonchev–Trinajstić information content (AvgIpc) is 2.37. The van der Waals surface area contributed by atoms with Crippen molar-refractivity contribution in [2.75, 3.05) is 20.1 Å². The van der Waals surface area contributed by atoms with Crippen molar-refractivity contribution in [1.82, 2.24) is 9.62 Å². The molecule has 8 heteroatoms. The van der Waals surface area contributed by atoms with E-state index in [0.717, 1.165) is 4.31 Å². The Bertz CT molecular complexity index is 556. The molecule has 1 aromatic carbocycles. The number of nitrogens with zero attached hydrogens (tertiary/aromatic N) is 1. The topological polar surface area (TPSA) is 104 Å². The molecule has 0 saturated carbocycles. The molecule has 2 N–H and O–H groups in total. The third-order valence-electron chi connectivity index (χ3n) is 2.25. The number of hydrogen-bond donors (Lipinski definition) is 2. The molecule has 0 aliphatic heterocycles. The van der Waals surface area contributed by atoms with Crippen molar-refractivity contribution in [2.45, 2.75) is 4.90 Å². The van der Waals surface area contributed by atoms with Crippen molar-refractivity contribution in [3.63, 3.8) is 0 Å².